The number of nitrogens with zero attached hydrogens (tertiary/aromatic N) is 1. The molecule has 2 heterocycles. The van der Waals surface area contributed by atoms with Gasteiger partial charge in [-0.1, -0.05) is 0 Å². The Morgan fingerprint density at radius 1 is 1.42 bits per heavy atom. The highest BCUT2D eigenvalue weighted by molar-refractivity contribution is 5.95. The summed E-state index contributed by atoms with van der Waals surface area (Å²) in [4.78, 5) is 24.7. The predicted molar refractivity (Wildman–Crippen MR) is 66.0 cm³/mol. The van der Waals surface area contributed by atoms with Crippen LogP contribution in [-0.2, 0) is 0 Å². The Morgan fingerprint density at radius 3 is 2.84 bits per heavy atom. The highest BCUT2D eigenvalue weighted by Gasteiger charge is 2.29. The van der Waals surface area contributed by atoms with Gasteiger partial charge in [0.1, 0.15) is 6.26 Å². The van der Waals surface area contributed by atoms with E-state index in [2.05, 4.69) is 0 Å². The molecule has 0 spiro atoms. The van der Waals surface area contributed by atoms with E-state index >= 15 is 0 Å². The number of amides is 1. The van der Waals surface area contributed by atoms with Crippen LogP contribution >= 0.6 is 0 Å². The molecule has 1 unspecified atom stereocenters. The van der Waals surface area contributed by atoms with E-state index in [0.717, 1.165) is 25.5 Å². The molecule has 0 bridgehead atoms. The third-order valence-corrected chi connectivity index (χ3v) is 3.41. The fraction of sp³-hybridized carbons (Fsp3) is 0.538. The molecule has 104 valence electrons. The summed E-state index contributed by atoms with van der Waals surface area (Å²) in [6.45, 7) is 0.652. The van der Waals surface area contributed by atoms with Crippen molar-refractivity contribution in [1.82, 2.24) is 4.90 Å². The van der Waals surface area contributed by atoms with Gasteiger partial charge in [0.15, 0.2) is 5.76 Å². The van der Waals surface area contributed by atoms with Gasteiger partial charge in [-0.05, 0) is 25.7 Å². The van der Waals surface area contributed by atoms with Crippen molar-refractivity contribution in [3.63, 3.8) is 0 Å². The van der Waals surface area contributed by atoms with Crippen molar-refractivity contribution >= 4 is 11.9 Å². The molecule has 0 aliphatic carbocycles. The summed E-state index contributed by atoms with van der Waals surface area (Å²) in [5, 5.41) is 17.8. The number of carboxylic acids is 1. The summed E-state index contributed by atoms with van der Waals surface area (Å²) in [5.74, 6) is -1.37. The van der Waals surface area contributed by atoms with Gasteiger partial charge >= 0.3 is 5.97 Å². The average Bonchev–Trinajstić information content (AvgIpc) is 2.89. The number of aromatic carboxylic acids is 1. The first-order valence-electron chi connectivity index (χ1n) is 6.37. The molecule has 6 heteroatoms. The number of carboxylic acid groups (broad SMARTS) is 1. The van der Waals surface area contributed by atoms with Gasteiger partial charge in [-0.25, -0.2) is 4.79 Å². The van der Waals surface area contributed by atoms with Gasteiger partial charge in [-0.15, -0.1) is 0 Å². The lowest BCUT2D eigenvalue weighted by Crippen LogP contribution is -2.44. The second-order valence-corrected chi connectivity index (χ2v) is 4.67. The summed E-state index contributed by atoms with van der Waals surface area (Å²) in [7, 11) is 0. The van der Waals surface area contributed by atoms with Gasteiger partial charge in [0.2, 0.25) is 0 Å². The number of piperidine rings is 1. The summed E-state index contributed by atoms with van der Waals surface area (Å²) >= 11 is 0. The van der Waals surface area contributed by atoms with E-state index in [-0.39, 0.29) is 29.9 Å². The Kier molecular flexibility index (Phi) is 4.21. The normalized spacial score (nSPS) is 19.4. The number of hydrogen-bond donors (Lipinski definition) is 2. The molecule has 1 aromatic rings. The third-order valence-electron chi connectivity index (χ3n) is 3.41. The molecule has 2 N–H and O–H groups in total. The quantitative estimate of drug-likeness (QED) is 0.859. The van der Waals surface area contributed by atoms with Crippen LogP contribution in [-0.4, -0.2) is 46.2 Å². The fourth-order valence-corrected chi connectivity index (χ4v) is 2.42. The van der Waals surface area contributed by atoms with Crippen LogP contribution in [0.5, 0.6) is 0 Å². The highest BCUT2D eigenvalue weighted by Crippen LogP contribution is 2.22. The number of rotatable bonds is 4. The van der Waals surface area contributed by atoms with Crippen LogP contribution in [0.1, 0.15) is 46.6 Å². The van der Waals surface area contributed by atoms with Crippen LogP contribution in [0, 0.1) is 0 Å². The summed E-state index contributed by atoms with van der Waals surface area (Å²) in [5.41, 5.74) is -0.0286. The second kappa shape index (κ2) is 5.88. The monoisotopic (exact) mass is 267 g/mol. The van der Waals surface area contributed by atoms with Crippen LogP contribution in [0.25, 0.3) is 0 Å². The van der Waals surface area contributed by atoms with Crippen molar-refractivity contribution in [3.8, 4) is 0 Å². The van der Waals surface area contributed by atoms with Gasteiger partial charge in [-0.2, -0.15) is 0 Å². The van der Waals surface area contributed by atoms with Gasteiger partial charge < -0.3 is 19.5 Å². The number of aliphatic hydroxyl groups is 1. The Morgan fingerprint density at radius 2 is 2.21 bits per heavy atom. The van der Waals surface area contributed by atoms with Crippen LogP contribution in [0.3, 0.4) is 0 Å². The Bertz CT molecular complexity index is 465. The zero-order valence-corrected chi connectivity index (χ0v) is 10.5. The van der Waals surface area contributed by atoms with E-state index in [0.29, 0.717) is 13.0 Å². The minimum atomic E-state index is -1.12. The maximum Gasteiger partial charge on any atom is 0.338 e. The van der Waals surface area contributed by atoms with E-state index in [1.807, 2.05) is 0 Å². The van der Waals surface area contributed by atoms with E-state index in [1.54, 1.807) is 4.90 Å². The zero-order valence-electron chi connectivity index (χ0n) is 10.5. The molecule has 1 fully saturated rings. The van der Waals surface area contributed by atoms with E-state index in [4.69, 9.17) is 14.6 Å². The van der Waals surface area contributed by atoms with Crippen LogP contribution < -0.4 is 0 Å². The molecular formula is C13H17NO5. The zero-order chi connectivity index (χ0) is 13.8. The SMILES string of the molecule is O=C(O)c1coc(C(=O)N2CCCCC2CCO)c1. The number of carbonyl (C=O) groups excluding carboxylic acids is 1. The van der Waals surface area contributed by atoms with Crippen molar-refractivity contribution in [1.29, 1.82) is 0 Å². The number of carbonyl (C=O) groups is 2. The molecule has 0 aromatic carbocycles. The standard InChI is InChI=1S/C13H17NO5/c15-6-4-10-3-1-2-5-14(10)12(16)11-7-9(8-19-11)13(17)18/h7-8,10,15H,1-6H2,(H,17,18). The summed E-state index contributed by atoms with van der Waals surface area (Å²) in [6, 6.07) is 1.25. The van der Waals surface area contributed by atoms with Crippen LogP contribution in [0.2, 0.25) is 0 Å². The second-order valence-electron chi connectivity index (χ2n) is 4.67. The van der Waals surface area contributed by atoms with Crippen molar-refractivity contribution in [2.24, 2.45) is 0 Å². The number of furan rings is 1. The minimum Gasteiger partial charge on any atom is -0.478 e. The first kappa shape index (κ1) is 13.6. The molecule has 1 aliphatic rings. The maximum atomic E-state index is 12.3. The van der Waals surface area contributed by atoms with Crippen LogP contribution in [0.4, 0.5) is 0 Å². The maximum absolute atomic E-state index is 12.3. The fourth-order valence-electron chi connectivity index (χ4n) is 2.42. The van der Waals surface area contributed by atoms with Crippen molar-refractivity contribution in [2.75, 3.05) is 13.2 Å². The molecule has 1 amide bonds. The molecule has 0 radical (unpaired) electrons. The lowest BCUT2D eigenvalue weighted by molar-refractivity contribution is 0.0542. The number of likely N-dealkylation sites (tertiary alicyclic amines) is 1. The van der Waals surface area contributed by atoms with Gasteiger partial charge in [0.25, 0.3) is 5.91 Å². The van der Waals surface area contributed by atoms with E-state index in [9.17, 15) is 9.59 Å². The first-order chi connectivity index (χ1) is 9.13. The molecule has 6 nitrogen and oxygen atoms in total. The number of aliphatic hydroxyl groups excluding tert-OH is 1. The molecule has 0 saturated carbocycles. The third kappa shape index (κ3) is 2.96. The average molecular weight is 267 g/mol. The van der Waals surface area contributed by atoms with Crippen LogP contribution in [0.15, 0.2) is 16.7 Å². The Hall–Kier alpha value is -1.82. The molecule has 1 aromatic heterocycles. The molecule has 19 heavy (non-hydrogen) atoms. The minimum absolute atomic E-state index is 0.00429. The number of hydrogen-bond acceptors (Lipinski definition) is 4. The predicted octanol–water partition coefficient (Wildman–Crippen LogP) is 1.35. The van der Waals surface area contributed by atoms with Crippen molar-refractivity contribution < 1.29 is 24.2 Å². The van der Waals surface area contributed by atoms with Gasteiger partial charge in [0, 0.05) is 25.3 Å². The largest absolute Gasteiger partial charge is 0.478 e. The molecule has 1 atom stereocenters. The first-order valence-corrected chi connectivity index (χ1v) is 6.37. The van der Waals surface area contributed by atoms with Gasteiger partial charge in [0.05, 0.1) is 5.56 Å². The Balaban J connectivity index is 2.13. The molecule has 1 aliphatic heterocycles. The highest BCUT2D eigenvalue weighted by atomic mass is 16.4. The smallest absolute Gasteiger partial charge is 0.338 e. The molecular weight excluding hydrogens is 250 g/mol. The van der Waals surface area contributed by atoms with Gasteiger partial charge in [-0.3, -0.25) is 4.79 Å². The topological polar surface area (TPSA) is 91.0 Å². The van der Waals surface area contributed by atoms with Crippen molar-refractivity contribution in [3.05, 3.63) is 23.7 Å². The molecule has 2 rings (SSSR count). The summed E-state index contributed by atoms with van der Waals surface area (Å²) < 4.78 is 5.03. The lowest BCUT2D eigenvalue weighted by Gasteiger charge is -2.34. The Labute approximate surface area is 110 Å². The summed E-state index contributed by atoms with van der Waals surface area (Å²) in [6.07, 6.45) is 4.42. The molecule has 1 saturated heterocycles. The van der Waals surface area contributed by atoms with E-state index < -0.39 is 5.97 Å². The lowest BCUT2D eigenvalue weighted by atomic mass is 9.99. The van der Waals surface area contributed by atoms with E-state index in [1.165, 1.54) is 6.07 Å². The van der Waals surface area contributed by atoms with Crippen molar-refractivity contribution in [2.45, 2.75) is 31.7 Å².